The second-order valence-corrected chi connectivity index (χ2v) is 7.39. The average molecular weight is 285 g/mol. The Labute approximate surface area is 127 Å². The van der Waals surface area contributed by atoms with Crippen LogP contribution in [0.4, 0.5) is 0 Å². The molecule has 1 heterocycles. The number of imidazole rings is 1. The molecule has 2 aromatic rings. The summed E-state index contributed by atoms with van der Waals surface area (Å²) in [6, 6.07) is 6.91. The summed E-state index contributed by atoms with van der Waals surface area (Å²) in [6.07, 6.45) is 3.87. The van der Waals surface area contributed by atoms with Crippen LogP contribution in [-0.4, -0.2) is 9.55 Å². The van der Waals surface area contributed by atoms with Crippen molar-refractivity contribution in [1.82, 2.24) is 9.55 Å². The number of nitrogens with two attached hydrogens (primary N) is 1. The van der Waals surface area contributed by atoms with Crippen molar-refractivity contribution in [2.75, 3.05) is 0 Å². The molecule has 1 fully saturated rings. The van der Waals surface area contributed by atoms with Crippen molar-refractivity contribution in [3.05, 3.63) is 29.6 Å². The van der Waals surface area contributed by atoms with Gasteiger partial charge in [-0.1, -0.05) is 26.3 Å². The van der Waals surface area contributed by atoms with E-state index in [1.165, 1.54) is 30.6 Å². The molecule has 3 nitrogen and oxygen atoms in total. The molecule has 1 aromatic carbocycles. The van der Waals surface area contributed by atoms with Crippen LogP contribution in [0.5, 0.6) is 0 Å². The number of hydrogen-bond donors (Lipinski definition) is 1. The maximum absolute atomic E-state index is 5.78. The van der Waals surface area contributed by atoms with Crippen molar-refractivity contribution in [3.8, 4) is 0 Å². The van der Waals surface area contributed by atoms with Crippen LogP contribution < -0.4 is 5.73 Å². The lowest BCUT2D eigenvalue weighted by Crippen LogP contribution is -2.20. The largest absolute Gasteiger partial charge is 0.326 e. The van der Waals surface area contributed by atoms with Gasteiger partial charge in [0, 0.05) is 18.5 Å². The second-order valence-electron chi connectivity index (χ2n) is 7.39. The van der Waals surface area contributed by atoms with E-state index >= 15 is 0 Å². The topological polar surface area (TPSA) is 43.8 Å². The molecular formula is C18H27N3. The lowest BCUT2D eigenvalue weighted by atomic mass is 9.81. The molecule has 1 aromatic heterocycles. The van der Waals surface area contributed by atoms with Gasteiger partial charge in [-0.25, -0.2) is 4.98 Å². The summed E-state index contributed by atoms with van der Waals surface area (Å²) >= 11 is 0. The monoisotopic (exact) mass is 285 g/mol. The van der Waals surface area contributed by atoms with Gasteiger partial charge in [0.15, 0.2) is 0 Å². The van der Waals surface area contributed by atoms with E-state index in [0.29, 0.717) is 23.9 Å². The van der Waals surface area contributed by atoms with E-state index in [-0.39, 0.29) is 0 Å². The minimum Gasteiger partial charge on any atom is -0.326 e. The lowest BCUT2D eigenvalue weighted by molar-refractivity contribution is 0.313. The molecule has 0 saturated heterocycles. The van der Waals surface area contributed by atoms with Crippen molar-refractivity contribution in [1.29, 1.82) is 0 Å². The molecule has 0 amide bonds. The van der Waals surface area contributed by atoms with E-state index in [9.17, 15) is 0 Å². The summed E-state index contributed by atoms with van der Waals surface area (Å²) in [5.74, 6) is 1.84. The van der Waals surface area contributed by atoms with Crippen LogP contribution >= 0.6 is 0 Å². The molecule has 21 heavy (non-hydrogen) atoms. The zero-order valence-corrected chi connectivity index (χ0v) is 13.7. The van der Waals surface area contributed by atoms with Crippen molar-refractivity contribution >= 4 is 11.0 Å². The molecule has 0 radical (unpaired) electrons. The van der Waals surface area contributed by atoms with E-state index < -0.39 is 0 Å². The first-order valence-electron chi connectivity index (χ1n) is 8.15. The molecule has 1 unspecified atom stereocenters. The van der Waals surface area contributed by atoms with E-state index in [1.54, 1.807) is 0 Å². The van der Waals surface area contributed by atoms with Gasteiger partial charge < -0.3 is 10.3 Å². The number of hydrogen-bond acceptors (Lipinski definition) is 2. The fourth-order valence-corrected chi connectivity index (χ4v) is 3.88. The SMILES string of the molecule is CC(C)n1c(C2CCCC2(C)C)nc2cc(CN)ccc21. The van der Waals surface area contributed by atoms with Crippen molar-refractivity contribution in [3.63, 3.8) is 0 Å². The number of fused-ring (bicyclic) bond motifs is 1. The number of benzene rings is 1. The van der Waals surface area contributed by atoms with Crippen LogP contribution in [0.1, 0.15) is 70.3 Å². The number of nitrogens with zero attached hydrogens (tertiary/aromatic N) is 2. The Kier molecular flexibility index (Phi) is 3.56. The van der Waals surface area contributed by atoms with Crippen LogP contribution in [0.3, 0.4) is 0 Å². The first-order chi connectivity index (χ1) is 9.94. The fourth-order valence-electron chi connectivity index (χ4n) is 3.88. The van der Waals surface area contributed by atoms with Crippen LogP contribution in [0.2, 0.25) is 0 Å². The van der Waals surface area contributed by atoms with Gasteiger partial charge in [0.1, 0.15) is 5.82 Å². The summed E-state index contributed by atoms with van der Waals surface area (Å²) in [6.45, 7) is 9.86. The van der Waals surface area contributed by atoms with Crippen LogP contribution in [0.15, 0.2) is 18.2 Å². The summed E-state index contributed by atoms with van der Waals surface area (Å²) in [5.41, 5.74) is 9.64. The summed E-state index contributed by atoms with van der Waals surface area (Å²) < 4.78 is 2.44. The van der Waals surface area contributed by atoms with Gasteiger partial charge in [0.25, 0.3) is 0 Å². The number of aromatic nitrogens is 2. The van der Waals surface area contributed by atoms with Crippen molar-refractivity contribution in [2.24, 2.45) is 11.1 Å². The Hall–Kier alpha value is -1.35. The summed E-state index contributed by atoms with van der Waals surface area (Å²) in [4.78, 5) is 5.03. The summed E-state index contributed by atoms with van der Waals surface area (Å²) in [5, 5.41) is 0. The predicted molar refractivity (Wildman–Crippen MR) is 88.4 cm³/mol. The van der Waals surface area contributed by atoms with E-state index in [2.05, 4.69) is 50.5 Å². The van der Waals surface area contributed by atoms with Crippen LogP contribution in [0, 0.1) is 5.41 Å². The molecule has 3 rings (SSSR count). The smallest absolute Gasteiger partial charge is 0.113 e. The fraction of sp³-hybridized carbons (Fsp3) is 0.611. The van der Waals surface area contributed by atoms with Gasteiger partial charge in [-0.2, -0.15) is 0 Å². The number of rotatable bonds is 3. The minimum atomic E-state index is 0.352. The average Bonchev–Trinajstić information content (AvgIpc) is 2.96. The highest BCUT2D eigenvalue weighted by atomic mass is 15.1. The standard InChI is InChI=1S/C18H27N3/c1-12(2)21-16-8-7-13(11-19)10-15(16)20-17(21)14-6-5-9-18(14,3)4/h7-8,10,12,14H,5-6,9,11,19H2,1-4H3. The van der Waals surface area contributed by atoms with E-state index in [1.807, 2.05) is 0 Å². The molecule has 114 valence electrons. The van der Waals surface area contributed by atoms with Gasteiger partial charge in [-0.05, 0) is 49.8 Å². The molecule has 1 aliphatic carbocycles. The lowest BCUT2D eigenvalue weighted by Gasteiger charge is -2.28. The minimum absolute atomic E-state index is 0.352. The molecular weight excluding hydrogens is 258 g/mol. The van der Waals surface area contributed by atoms with E-state index in [0.717, 1.165) is 11.1 Å². The summed E-state index contributed by atoms with van der Waals surface area (Å²) in [7, 11) is 0. The quantitative estimate of drug-likeness (QED) is 0.910. The molecule has 3 heteroatoms. The molecule has 2 N–H and O–H groups in total. The molecule has 0 aliphatic heterocycles. The molecule has 1 saturated carbocycles. The Morgan fingerprint density at radius 1 is 1.38 bits per heavy atom. The second kappa shape index (κ2) is 5.13. The van der Waals surface area contributed by atoms with Gasteiger partial charge in [-0.3, -0.25) is 0 Å². The zero-order valence-electron chi connectivity index (χ0n) is 13.7. The first kappa shape index (κ1) is 14.6. The highest BCUT2D eigenvalue weighted by Gasteiger charge is 2.38. The maximum atomic E-state index is 5.78. The maximum Gasteiger partial charge on any atom is 0.113 e. The highest BCUT2D eigenvalue weighted by Crippen LogP contribution is 2.49. The predicted octanol–water partition coefficient (Wildman–Crippen LogP) is 4.37. The Balaban J connectivity index is 2.19. The Bertz CT molecular complexity index is 652. The third-order valence-electron chi connectivity index (χ3n) is 5.10. The normalized spacial score (nSPS) is 21.5. The Morgan fingerprint density at radius 2 is 2.14 bits per heavy atom. The van der Waals surface area contributed by atoms with Crippen LogP contribution in [0.25, 0.3) is 11.0 Å². The molecule has 1 aliphatic rings. The van der Waals surface area contributed by atoms with Gasteiger partial charge in [-0.15, -0.1) is 0 Å². The van der Waals surface area contributed by atoms with E-state index in [4.69, 9.17) is 10.7 Å². The van der Waals surface area contributed by atoms with Crippen molar-refractivity contribution in [2.45, 2.75) is 65.5 Å². The molecule has 0 spiro atoms. The first-order valence-corrected chi connectivity index (χ1v) is 8.15. The highest BCUT2D eigenvalue weighted by molar-refractivity contribution is 5.77. The zero-order chi connectivity index (χ0) is 15.2. The van der Waals surface area contributed by atoms with Gasteiger partial charge in [0.05, 0.1) is 11.0 Å². The third kappa shape index (κ3) is 2.38. The van der Waals surface area contributed by atoms with Gasteiger partial charge in [0.2, 0.25) is 0 Å². The Morgan fingerprint density at radius 3 is 2.71 bits per heavy atom. The third-order valence-corrected chi connectivity index (χ3v) is 5.10. The molecule has 1 atom stereocenters. The van der Waals surface area contributed by atoms with Crippen LogP contribution in [-0.2, 0) is 6.54 Å². The van der Waals surface area contributed by atoms with Crippen molar-refractivity contribution < 1.29 is 0 Å². The molecule has 0 bridgehead atoms. The van der Waals surface area contributed by atoms with Gasteiger partial charge >= 0.3 is 0 Å².